The Morgan fingerprint density at radius 3 is 2.46 bits per heavy atom. The van der Waals surface area contributed by atoms with E-state index in [0.29, 0.717) is 30.1 Å². The summed E-state index contributed by atoms with van der Waals surface area (Å²) in [6, 6.07) is 7.14. The number of aryl methyl sites for hydroxylation is 1. The Morgan fingerprint density at radius 1 is 1.17 bits per heavy atom. The Bertz CT molecular complexity index is 673. The largest absolute Gasteiger partial charge is 0.393 e. The van der Waals surface area contributed by atoms with Gasteiger partial charge in [-0.2, -0.15) is 0 Å². The number of aliphatic hydroxyl groups excluding tert-OH is 1. The van der Waals surface area contributed by atoms with Crippen LogP contribution in [0.4, 0.5) is 0 Å². The lowest BCUT2D eigenvalue weighted by atomic mass is 9.55. The summed E-state index contributed by atoms with van der Waals surface area (Å²) < 4.78 is 0. The highest BCUT2D eigenvalue weighted by atomic mass is 16.3. The lowest BCUT2D eigenvalue weighted by molar-refractivity contribution is -0.162. The van der Waals surface area contributed by atoms with Gasteiger partial charge in [0.05, 0.1) is 6.10 Å². The van der Waals surface area contributed by atoms with Gasteiger partial charge in [-0.3, -0.25) is 4.79 Å². The van der Waals surface area contributed by atoms with Crippen molar-refractivity contribution < 1.29 is 9.90 Å². The third kappa shape index (κ3) is 2.32. The normalized spacial score (nSPS) is 31.3. The first-order valence-corrected chi connectivity index (χ1v) is 9.60. The van der Waals surface area contributed by atoms with Gasteiger partial charge in [0.15, 0.2) is 0 Å². The number of hydrogen-bond acceptors (Lipinski definition) is 2. The average Bonchev–Trinajstić information content (AvgIpc) is 3.26. The first-order chi connectivity index (χ1) is 11.5. The highest BCUT2D eigenvalue weighted by Crippen LogP contribution is 2.57. The summed E-state index contributed by atoms with van der Waals surface area (Å²) in [4.78, 5) is 14.3. The maximum atomic E-state index is 12.3. The fourth-order valence-corrected chi connectivity index (χ4v) is 5.26. The molecule has 3 aliphatic carbocycles. The van der Waals surface area contributed by atoms with Crippen molar-refractivity contribution in [2.24, 2.45) is 11.3 Å². The van der Waals surface area contributed by atoms with E-state index >= 15 is 0 Å². The molecule has 3 nitrogen and oxygen atoms in total. The first kappa shape index (κ1) is 14.9. The zero-order valence-electron chi connectivity index (χ0n) is 14.5. The van der Waals surface area contributed by atoms with E-state index in [1.54, 1.807) is 0 Å². The molecule has 1 N–H and O–H groups in total. The van der Waals surface area contributed by atoms with Crippen LogP contribution in [0.2, 0.25) is 0 Å². The van der Waals surface area contributed by atoms with E-state index < -0.39 is 0 Å². The number of nitrogens with zero attached hydrogens (tertiary/aromatic N) is 1. The minimum atomic E-state index is -0.233. The molecule has 1 aromatic carbocycles. The summed E-state index contributed by atoms with van der Waals surface area (Å²) in [5.41, 5.74) is 4.95. The van der Waals surface area contributed by atoms with E-state index in [1.807, 2.05) is 4.90 Å². The third-order valence-electron chi connectivity index (χ3n) is 6.97. The van der Waals surface area contributed by atoms with Crippen LogP contribution in [0.1, 0.15) is 67.1 Å². The lowest BCUT2D eigenvalue weighted by Gasteiger charge is -2.60. The van der Waals surface area contributed by atoms with Crippen LogP contribution < -0.4 is 0 Å². The fourth-order valence-electron chi connectivity index (χ4n) is 5.26. The molecule has 0 bridgehead atoms. The van der Waals surface area contributed by atoms with E-state index in [-0.39, 0.29) is 12.0 Å². The second kappa shape index (κ2) is 5.08. The van der Waals surface area contributed by atoms with E-state index in [2.05, 4.69) is 25.1 Å². The van der Waals surface area contributed by atoms with Gasteiger partial charge in [-0.1, -0.05) is 18.2 Å². The Hall–Kier alpha value is -1.35. The molecule has 5 rings (SSSR count). The Morgan fingerprint density at radius 2 is 1.88 bits per heavy atom. The van der Waals surface area contributed by atoms with Gasteiger partial charge in [0.1, 0.15) is 0 Å². The molecule has 0 aromatic heterocycles. The topological polar surface area (TPSA) is 40.5 Å². The molecule has 128 valence electrons. The quantitative estimate of drug-likeness (QED) is 0.926. The molecule has 0 atom stereocenters. The van der Waals surface area contributed by atoms with E-state index in [9.17, 15) is 9.90 Å². The maximum absolute atomic E-state index is 12.3. The molecule has 0 radical (unpaired) electrons. The number of hydrogen-bond donors (Lipinski definition) is 1. The summed E-state index contributed by atoms with van der Waals surface area (Å²) in [7, 11) is 0. The second-order valence-electron chi connectivity index (χ2n) is 9.01. The molecule has 4 fully saturated rings. The smallest absolute Gasteiger partial charge is 0.225 e. The number of rotatable bonds is 3. The van der Waals surface area contributed by atoms with Crippen molar-refractivity contribution in [3.8, 4) is 0 Å². The van der Waals surface area contributed by atoms with Crippen molar-refractivity contribution in [1.82, 2.24) is 4.90 Å². The highest BCUT2D eigenvalue weighted by Gasteiger charge is 2.55. The van der Waals surface area contributed by atoms with Gasteiger partial charge in [-0.15, -0.1) is 0 Å². The molecule has 1 saturated heterocycles. The number of aliphatic hydroxyl groups is 1. The zero-order valence-corrected chi connectivity index (χ0v) is 14.5. The summed E-state index contributed by atoms with van der Waals surface area (Å²) in [5.74, 6) is 1.92. The van der Waals surface area contributed by atoms with Crippen LogP contribution in [-0.4, -0.2) is 35.1 Å². The van der Waals surface area contributed by atoms with Crippen LogP contribution in [-0.2, 0) is 4.79 Å². The SMILES string of the molecule is Cc1cc(C2CC2)ccc1C1CC2(C1)CN(C(=O)C1CC(O)C1)C2. The summed E-state index contributed by atoms with van der Waals surface area (Å²) in [6.45, 7) is 4.17. The zero-order chi connectivity index (χ0) is 16.5. The van der Waals surface area contributed by atoms with Crippen LogP contribution in [0.3, 0.4) is 0 Å². The lowest BCUT2D eigenvalue weighted by Crippen LogP contribution is -2.64. The summed E-state index contributed by atoms with van der Waals surface area (Å²) >= 11 is 0. The average molecular weight is 325 g/mol. The molecule has 1 spiro atoms. The van der Waals surface area contributed by atoms with Crippen LogP contribution in [0, 0.1) is 18.3 Å². The second-order valence-corrected chi connectivity index (χ2v) is 9.01. The molecule has 24 heavy (non-hydrogen) atoms. The van der Waals surface area contributed by atoms with Gasteiger partial charge in [-0.05, 0) is 74.0 Å². The molecular formula is C21H27NO2. The Balaban J connectivity index is 1.17. The van der Waals surface area contributed by atoms with Crippen LogP contribution in [0.5, 0.6) is 0 Å². The van der Waals surface area contributed by atoms with Gasteiger partial charge >= 0.3 is 0 Å². The van der Waals surface area contributed by atoms with E-state index in [4.69, 9.17) is 0 Å². The molecule has 0 unspecified atom stereocenters. The minimum absolute atomic E-state index is 0.102. The van der Waals surface area contributed by atoms with Gasteiger partial charge in [0, 0.05) is 24.4 Å². The summed E-state index contributed by atoms with van der Waals surface area (Å²) in [6.07, 6.45) is 6.35. The Kier molecular flexibility index (Phi) is 3.16. The number of benzene rings is 1. The van der Waals surface area contributed by atoms with Gasteiger partial charge in [0.2, 0.25) is 5.91 Å². The molecule has 3 saturated carbocycles. The van der Waals surface area contributed by atoms with Crippen molar-refractivity contribution in [2.75, 3.05) is 13.1 Å². The molecule has 1 aromatic rings. The van der Waals surface area contributed by atoms with E-state index in [0.717, 1.165) is 19.0 Å². The number of amides is 1. The predicted octanol–water partition coefficient (Wildman–Crippen LogP) is 3.35. The Labute approximate surface area is 144 Å². The number of carbonyl (C=O) groups excluding carboxylic acids is 1. The minimum Gasteiger partial charge on any atom is -0.393 e. The van der Waals surface area contributed by atoms with Crippen molar-refractivity contribution in [2.45, 2.75) is 63.4 Å². The maximum Gasteiger partial charge on any atom is 0.225 e. The molecule has 1 amide bonds. The fraction of sp³-hybridized carbons (Fsp3) is 0.667. The van der Waals surface area contributed by atoms with Gasteiger partial charge < -0.3 is 10.0 Å². The third-order valence-corrected chi connectivity index (χ3v) is 6.97. The molecular weight excluding hydrogens is 298 g/mol. The first-order valence-electron chi connectivity index (χ1n) is 9.60. The van der Waals surface area contributed by atoms with Crippen molar-refractivity contribution in [3.63, 3.8) is 0 Å². The van der Waals surface area contributed by atoms with Crippen LogP contribution in [0.15, 0.2) is 18.2 Å². The molecule has 1 heterocycles. The molecule has 4 aliphatic rings. The van der Waals surface area contributed by atoms with Gasteiger partial charge in [-0.25, -0.2) is 0 Å². The van der Waals surface area contributed by atoms with Crippen LogP contribution in [0.25, 0.3) is 0 Å². The summed E-state index contributed by atoms with van der Waals surface area (Å²) in [5, 5.41) is 9.37. The number of likely N-dealkylation sites (tertiary alicyclic amines) is 1. The number of carbonyl (C=O) groups is 1. The monoisotopic (exact) mass is 325 g/mol. The molecule has 3 heteroatoms. The molecule has 1 aliphatic heterocycles. The predicted molar refractivity (Wildman–Crippen MR) is 92.9 cm³/mol. The van der Waals surface area contributed by atoms with Gasteiger partial charge in [0.25, 0.3) is 0 Å². The van der Waals surface area contributed by atoms with Crippen LogP contribution >= 0.6 is 0 Å². The van der Waals surface area contributed by atoms with Crippen molar-refractivity contribution >= 4 is 5.91 Å². The standard InChI is InChI=1S/C21H27NO2/c1-13-6-15(14-2-3-14)4-5-19(13)17-9-21(10-17)11-22(12-21)20(24)16-7-18(23)8-16/h4-6,14,16-18,23H,2-3,7-12H2,1H3. The van der Waals surface area contributed by atoms with Crippen molar-refractivity contribution in [3.05, 3.63) is 34.9 Å². The van der Waals surface area contributed by atoms with Crippen molar-refractivity contribution in [1.29, 1.82) is 0 Å². The highest BCUT2D eigenvalue weighted by molar-refractivity contribution is 5.81. The van der Waals surface area contributed by atoms with E-state index in [1.165, 1.54) is 42.4 Å².